The molecule has 0 aliphatic heterocycles. The minimum atomic E-state index is -5.38. The molecule has 0 aromatic rings. The molecule has 2 N–H and O–H groups in total. The SMILES string of the molecule is O=S(=O)(O)O.[Cl][Os]([Cl])([Cl])([Cl])([Cl])[Cl].[KH]. The van der Waals surface area contributed by atoms with Crippen molar-refractivity contribution < 1.29 is 24.2 Å². The standard InChI is InChI=1S/6ClH.K.H2O4S.Os.H/c;;;;;;;1-5(2,3)4;;/h6*1H;;(H2,1,2,3,4);;/q;;;;;;;;+6;/p-6. The van der Waals surface area contributed by atoms with Crippen molar-refractivity contribution in [2.24, 2.45) is 0 Å². The summed E-state index contributed by atoms with van der Waals surface area (Å²) in [4.78, 5) is 0. The van der Waals surface area contributed by atoms with Crippen LogP contribution in [-0.2, 0) is 17.0 Å². The molecule has 0 radical (unpaired) electrons. The van der Waals surface area contributed by atoms with E-state index < -0.39 is 17.0 Å². The van der Waals surface area contributed by atoms with Crippen LogP contribution in [0.3, 0.4) is 0 Å². The average Bonchev–Trinajstić information content (AvgIpc) is 1.04. The van der Waals surface area contributed by atoms with E-state index in [1.54, 1.807) is 0 Å². The van der Waals surface area contributed by atoms with Crippen LogP contribution in [0.5, 0.6) is 0 Å². The van der Waals surface area contributed by atoms with Gasteiger partial charge < -0.3 is 0 Å². The number of halogens is 6. The van der Waals surface area contributed by atoms with Gasteiger partial charge in [-0.1, -0.05) is 0 Å². The van der Waals surface area contributed by atoms with E-state index in [0.717, 1.165) is 0 Å². The van der Waals surface area contributed by atoms with Gasteiger partial charge in [-0.15, -0.1) is 0 Å². The Morgan fingerprint density at radius 2 is 0.846 bits per heavy atom. The van der Waals surface area contributed by atoms with Crippen molar-refractivity contribution in [3.05, 3.63) is 0 Å². The molecule has 0 aromatic heterocycles. The molecule has 0 rings (SSSR count). The Bertz CT molecular complexity index is 226. The first-order chi connectivity index (χ1) is 4.45. The third-order valence-electron chi connectivity index (χ3n) is 0. The molecule has 0 aromatic carbocycles. The van der Waals surface area contributed by atoms with Gasteiger partial charge in [0.25, 0.3) is 0 Å². The van der Waals surface area contributed by atoms with E-state index in [1.165, 1.54) is 0 Å². The molecular formula is H3Cl6KO4OsS. The van der Waals surface area contributed by atoms with Crippen LogP contribution in [-0.4, -0.2) is 68.9 Å². The fourth-order valence-electron chi connectivity index (χ4n) is 0. The molecule has 0 fully saturated rings. The molecule has 84 valence electrons. The second-order valence-electron chi connectivity index (χ2n) is 1.21. The van der Waals surface area contributed by atoms with Crippen molar-refractivity contribution in [2.75, 3.05) is 0 Å². The number of rotatable bonds is 0. The van der Waals surface area contributed by atoms with Gasteiger partial charge in [-0.3, -0.25) is 9.11 Å². The van der Waals surface area contributed by atoms with Crippen molar-refractivity contribution in [1.29, 1.82) is 0 Å². The molecule has 0 saturated heterocycles. The van der Waals surface area contributed by atoms with E-state index in [4.69, 9.17) is 75.3 Å². The summed E-state index contributed by atoms with van der Waals surface area (Å²) in [7, 11) is 25.7. The van der Waals surface area contributed by atoms with Crippen molar-refractivity contribution in [2.45, 2.75) is 0 Å². The van der Waals surface area contributed by atoms with E-state index in [1.807, 2.05) is 0 Å². The van der Waals surface area contributed by atoms with Crippen LogP contribution in [0.1, 0.15) is 0 Å². The van der Waals surface area contributed by atoms with Gasteiger partial charge in [-0.05, 0) is 0 Å². The van der Waals surface area contributed by atoms with Crippen molar-refractivity contribution in [1.82, 2.24) is 0 Å². The summed E-state index contributed by atoms with van der Waals surface area (Å²) in [6.07, 6.45) is 0. The first-order valence-corrected chi connectivity index (χ1v) is 21.8. The molecule has 0 aliphatic rings. The van der Waals surface area contributed by atoms with Gasteiger partial charge in [0.05, 0.1) is 0 Å². The van der Waals surface area contributed by atoms with Gasteiger partial charge in [-0.2, -0.15) is 8.42 Å². The molecule has 0 aliphatic carbocycles. The predicted octanol–water partition coefficient (Wildman–Crippen LogP) is 2.83. The van der Waals surface area contributed by atoms with Gasteiger partial charge in [0.1, 0.15) is 0 Å². The molecule has 0 atom stereocenters. The van der Waals surface area contributed by atoms with Gasteiger partial charge in [-0.25, -0.2) is 0 Å². The van der Waals surface area contributed by atoms with Crippen molar-refractivity contribution >= 4 is 120 Å². The molecule has 0 amide bonds. The van der Waals surface area contributed by atoms with Crippen LogP contribution in [0.4, 0.5) is 0 Å². The van der Waals surface area contributed by atoms with Crippen LogP contribution in [0, 0.1) is 0 Å². The van der Waals surface area contributed by atoms with E-state index in [9.17, 15) is 0 Å². The van der Waals surface area contributed by atoms with Crippen LogP contribution in [0.25, 0.3) is 0 Å². The summed E-state index contributed by atoms with van der Waals surface area (Å²) < 4.78 is 31.6. The summed E-state index contributed by atoms with van der Waals surface area (Å²) in [6.45, 7) is -5.38. The average molecular weight is 541 g/mol. The first kappa shape index (κ1) is 22.1. The molecular weight excluding hydrogens is 538 g/mol. The first-order valence-electron chi connectivity index (χ1n) is 1.50. The minimum absolute atomic E-state index is 0. The normalized spacial score (nSPS) is 16.9. The summed E-state index contributed by atoms with van der Waals surface area (Å²) in [5, 5.41) is 0. The Balaban J connectivity index is -0.000000150. The zero-order chi connectivity index (χ0) is 10.9. The Hall–Kier alpha value is 3.88. The number of hydrogen-bond donors (Lipinski definition) is 2. The second kappa shape index (κ2) is 5.68. The maximum absolute atomic E-state index is 8.74. The van der Waals surface area contributed by atoms with E-state index >= 15 is 0 Å². The van der Waals surface area contributed by atoms with Gasteiger partial charge in [0.15, 0.2) is 0 Å². The third kappa shape index (κ3) is 203. The van der Waals surface area contributed by atoms with Gasteiger partial charge in [0.2, 0.25) is 0 Å². The zero-order valence-corrected chi connectivity index (χ0v) is 12.6. The maximum atomic E-state index is 8.74. The Kier molecular flexibility index (Phi) is 9.66. The Morgan fingerprint density at radius 1 is 0.846 bits per heavy atom. The fourth-order valence-corrected chi connectivity index (χ4v) is 0. The topological polar surface area (TPSA) is 74.6 Å². The summed E-state index contributed by atoms with van der Waals surface area (Å²) in [5.74, 6) is 0. The van der Waals surface area contributed by atoms with Crippen LogP contribution in [0.2, 0.25) is 0 Å². The Labute approximate surface area is 140 Å². The fraction of sp³-hybridized carbons (Fsp3) is 0. The van der Waals surface area contributed by atoms with Crippen LogP contribution < -0.4 is 0 Å². The quantitative estimate of drug-likeness (QED) is 0.366. The molecule has 13 heteroatoms. The van der Waals surface area contributed by atoms with E-state index in [-0.39, 0.29) is 51.4 Å². The molecule has 0 bridgehead atoms. The molecule has 4 nitrogen and oxygen atoms in total. The van der Waals surface area contributed by atoms with E-state index in [0.29, 0.717) is 0 Å². The third-order valence-corrected chi connectivity index (χ3v) is 0. The second-order valence-corrected chi connectivity index (χ2v) is 57.2. The van der Waals surface area contributed by atoms with Crippen molar-refractivity contribution in [3.8, 4) is 0 Å². The zero-order valence-electron chi connectivity index (χ0n) is 4.74. The molecule has 13 heavy (non-hydrogen) atoms. The van der Waals surface area contributed by atoms with Gasteiger partial charge >= 0.3 is 126 Å². The van der Waals surface area contributed by atoms with Crippen molar-refractivity contribution in [3.63, 3.8) is 0 Å². The van der Waals surface area contributed by atoms with E-state index in [2.05, 4.69) is 0 Å². The predicted molar refractivity (Wildman–Crippen MR) is 56.4 cm³/mol. The Morgan fingerprint density at radius 3 is 0.846 bits per heavy atom. The van der Waals surface area contributed by atoms with Crippen LogP contribution >= 0.6 is 57.8 Å². The molecule has 0 heterocycles. The molecule has 0 spiro atoms. The monoisotopic (exact) mass is 540 g/mol. The molecule has 0 saturated carbocycles. The summed E-state index contributed by atoms with van der Waals surface area (Å²) >= 11 is 0. The van der Waals surface area contributed by atoms with Gasteiger partial charge in [0, 0.05) is 0 Å². The van der Waals surface area contributed by atoms with Crippen LogP contribution in [0.15, 0.2) is 0 Å². The summed E-state index contributed by atoms with van der Waals surface area (Å²) in [5.41, 5.74) is 0. The summed E-state index contributed by atoms with van der Waals surface area (Å²) in [6, 6.07) is 0. The number of hydrogen-bond acceptors (Lipinski definition) is 2. The molecule has 0 unspecified atom stereocenters.